The lowest BCUT2D eigenvalue weighted by Crippen LogP contribution is -2.42. The molecule has 1 aliphatic heterocycles. The third kappa shape index (κ3) is 3.43. The third-order valence-corrected chi connectivity index (χ3v) is 5.53. The summed E-state index contributed by atoms with van der Waals surface area (Å²) < 4.78 is 30.1. The van der Waals surface area contributed by atoms with Crippen molar-refractivity contribution >= 4 is 16.0 Å². The van der Waals surface area contributed by atoms with Crippen molar-refractivity contribution in [3.8, 4) is 0 Å². The number of aliphatic hydroxyl groups is 1. The lowest BCUT2D eigenvalue weighted by molar-refractivity contribution is -0.139. The molecule has 0 aromatic rings. The highest BCUT2D eigenvalue weighted by molar-refractivity contribution is 7.90. The highest BCUT2D eigenvalue weighted by Gasteiger charge is 2.37. The first-order chi connectivity index (χ1) is 8.20. The summed E-state index contributed by atoms with van der Waals surface area (Å²) in [5, 5.41) is 8.72. The van der Waals surface area contributed by atoms with Crippen molar-refractivity contribution in [2.45, 2.75) is 44.0 Å². The van der Waals surface area contributed by atoms with Crippen LogP contribution in [0.4, 0.5) is 0 Å². The van der Waals surface area contributed by atoms with Gasteiger partial charge in [0.1, 0.15) is 0 Å². The number of carbonyl (C=O) groups is 1. The Labute approximate surface area is 108 Å². The molecule has 18 heavy (non-hydrogen) atoms. The number of rotatable bonds is 3. The first kappa shape index (κ1) is 15.4. The van der Waals surface area contributed by atoms with Crippen LogP contribution in [0.1, 0.15) is 33.1 Å². The molecule has 0 aromatic heterocycles. The summed E-state index contributed by atoms with van der Waals surface area (Å²) in [6, 6.07) is 0. The number of esters is 1. The van der Waals surface area contributed by atoms with Crippen LogP contribution in [0.3, 0.4) is 0 Å². The Morgan fingerprint density at radius 1 is 1.39 bits per heavy atom. The van der Waals surface area contributed by atoms with Crippen LogP contribution in [-0.4, -0.2) is 54.8 Å². The van der Waals surface area contributed by atoms with Crippen LogP contribution in [0.15, 0.2) is 0 Å². The summed E-state index contributed by atoms with van der Waals surface area (Å²) in [5.41, 5.74) is -0.835. The fourth-order valence-corrected chi connectivity index (χ4v) is 3.52. The van der Waals surface area contributed by atoms with Crippen LogP contribution in [0.25, 0.3) is 0 Å². The van der Waals surface area contributed by atoms with Crippen LogP contribution in [-0.2, 0) is 19.6 Å². The van der Waals surface area contributed by atoms with Crippen molar-refractivity contribution < 1.29 is 23.1 Å². The molecule has 1 fully saturated rings. The van der Waals surface area contributed by atoms with E-state index in [1.807, 2.05) is 0 Å². The number of ether oxygens (including phenoxy) is 1. The van der Waals surface area contributed by atoms with Gasteiger partial charge in [-0.3, -0.25) is 4.79 Å². The highest BCUT2D eigenvalue weighted by Crippen LogP contribution is 2.24. The van der Waals surface area contributed by atoms with Crippen molar-refractivity contribution in [3.63, 3.8) is 0 Å². The van der Waals surface area contributed by atoms with Gasteiger partial charge < -0.3 is 9.84 Å². The van der Waals surface area contributed by atoms with Gasteiger partial charge in [0.25, 0.3) is 0 Å². The number of methoxy groups -OCH3 is 1. The second-order valence-electron chi connectivity index (χ2n) is 4.96. The van der Waals surface area contributed by atoms with Gasteiger partial charge in [0, 0.05) is 13.1 Å². The highest BCUT2D eigenvalue weighted by atomic mass is 32.2. The largest absolute Gasteiger partial charge is 0.468 e. The number of hydrogen-bond acceptors (Lipinski definition) is 5. The van der Waals surface area contributed by atoms with Gasteiger partial charge in [-0.25, -0.2) is 12.7 Å². The molecule has 0 aromatic carbocycles. The number of carbonyl (C=O) groups excluding carboxylic acids is 1. The zero-order valence-electron chi connectivity index (χ0n) is 11.0. The molecule has 106 valence electrons. The maximum atomic E-state index is 12.2. The quantitative estimate of drug-likeness (QED) is 0.742. The number of nitrogens with zero attached hydrogens (tertiary/aromatic N) is 1. The summed E-state index contributed by atoms with van der Waals surface area (Å²) in [7, 11) is -2.53. The first-order valence-electron chi connectivity index (χ1n) is 6.00. The standard InChI is InChI=1S/C11H21NO5S/c1-9(10(13)17-3)18(15,16)12-7-4-5-11(2,14)6-8-12/h9,14H,4-8H2,1-3H3. The van der Waals surface area contributed by atoms with E-state index >= 15 is 0 Å². The SMILES string of the molecule is COC(=O)C(C)S(=O)(=O)N1CCCC(C)(O)CC1. The van der Waals surface area contributed by atoms with Crippen molar-refractivity contribution in [1.82, 2.24) is 4.31 Å². The molecular weight excluding hydrogens is 258 g/mol. The molecule has 0 aliphatic carbocycles. The van der Waals surface area contributed by atoms with Gasteiger partial charge in [0.2, 0.25) is 10.0 Å². The van der Waals surface area contributed by atoms with Crippen molar-refractivity contribution in [2.24, 2.45) is 0 Å². The second-order valence-corrected chi connectivity index (χ2v) is 7.21. The van der Waals surface area contributed by atoms with E-state index in [0.717, 1.165) is 0 Å². The lowest BCUT2D eigenvalue weighted by Gasteiger charge is -2.24. The van der Waals surface area contributed by atoms with Gasteiger partial charge >= 0.3 is 5.97 Å². The monoisotopic (exact) mass is 279 g/mol. The Hall–Kier alpha value is -0.660. The maximum absolute atomic E-state index is 12.2. The van der Waals surface area contributed by atoms with Crippen molar-refractivity contribution in [3.05, 3.63) is 0 Å². The maximum Gasteiger partial charge on any atom is 0.325 e. The third-order valence-electron chi connectivity index (χ3n) is 3.36. The van der Waals surface area contributed by atoms with Crippen LogP contribution in [0, 0.1) is 0 Å². The molecule has 0 spiro atoms. The molecule has 7 heteroatoms. The molecule has 1 N–H and O–H groups in total. The van der Waals surface area contributed by atoms with E-state index in [0.29, 0.717) is 25.8 Å². The van der Waals surface area contributed by atoms with E-state index in [4.69, 9.17) is 0 Å². The summed E-state index contributed by atoms with van der Waals surface area (Å²) in [6.07, 6.45) is 1.52. The van der Waals surface area contributed by atoms with Crippen LogP contribution < -0.4 is 0 Å². The van der Waals surface area contributed by atoms with Crippen molar-refractivity contribution in [2.75, 3.05) is 20.2 Å². The molecule has 0 saturated carbocycles. The zero-order valence-corrected chi connectivity index (χ0v) is 11.9. The number of sulfonamides is 1. The normalized spacial score (nSPS) is 28.4. The minimum absolute atomic E-state index is 0.233. The summed E-state index contributed by atoms with van der Waals surface area (Å²) in [4.78, 5) is 11.3. The van der Waals surface area contributed by atoms with Crippen LogP contribution >= 0.6 is 0 Å². The van der Waals surface area contributed by atoms with Gasteiger partial charge in [0.15, 0.2) is 5.25 Å². The molecule has 2 atom stereocenters. The zero-order chi connectivity index (χ0) is 14.0. The topological polar surface area (TPSA) is 83.9 Å². The van der Waals surface area contributed by atoms with E-state index < -0.39 is 26.8 Å². The molecule has 6 nitrogen and oxygen atoms in total. The predicted molar refractivity (Wildman–Crippen MR) is 66.4 cm³/mol. The van der Waals surface area contributed by atoms with Gasteiger partial charge in [-0.2, -0.15) is 0 Å². The summed E-state index contributed by atoms with van der Waals surface area (Å²) in [5.74, 6) is -0.758. The Kier molecular flexibility index (Phi) is 4.74. The second kappa shape index (κ2) is 5.54. The van der Waals surface area contributed by atoms with Gasteiger partial charge in [-0.05, 0) is 33.1 Å². The molecule has 1 rings (SSSR count). The Morgan fingerprint density at radius 3 is 2.56 bits per heavy atom. The molecular formula is C11H21NO5S. The fraction of sp³-hybridized carbons (Fsp3) is 0.909. The fourth-order valence-electron chi connectivity index (χ4n) is 2.00. The van der Waals surface area contributed by atoms with Crippen LogP contribution in [0.5, 0.6) is 0 Å². The molecule has 1 heterocycles. The molecule has 0 radical (unpaired) electrons. The van der Waals surface area contributed by atoms with E-state index in [1.54, 1.807) is 6.92 Å². The number of hydrogen-bond donors (Lipinski definition) is 1. The molecule has 0 amide bonds. The Morgan fingerprint density at radius 2 is 2.00 bits per heavy atom. The Bertz CT molecular complexity index is 404. The summed E-state index contributed by atoms with van der Waals surface area (Å²) >= 11 is 0. The van der Waals surface area contributed by atoms with Crippen molar-refractivity contribution in [1.29, 1.82) is 0 Å². The summed E-state index contributed by atoms with van der Waals surface area (Å²) in [6.45, 7) is 3.59. The molecule has 2 unspecified atom stereocenters. The smallest absolute Gasteiger partial charge is 0.325 e. The van der Waals surface area contributed by atoms with E-state index in [9.17, 15) is 18.3 Å². The lowest BCUT2D eigenvalue weighted by atomic mass is 9.98. The predicted octanol–water partition coefficient (Wildman–Crippen LogP) is 0.115. The van der Waals surface area contributed by atoms with E-state index in [-0.39, 0.29) is 6.54 Å². The van der Waals surface area contributed by atoms with Gasteiger partial charge in [0.05, 0.1) is 12.7 Å². The molecule has 1 saturated heterocycles. The van der Waals surface area contributed by atoms with Crippen LogP contribution in [0.2, 0.25) is 0 Å². The van der Waals surface area contributed by atoms with E-state index in [1.165, 1.54) is 18.3 Å². The first-order valence-corrected chi connectivity index (χ1v) is 7.50. The Balaban J connectivity index is 2.83. The van der Waals surface area contributed by atoms with E-state index in [2.05, 4.69) is 4.74 Å². The van der Waals surface area contributed by atoms with Gasteiger partial charge in [-0.1, -0.05) is 0 Å². The average Bonchev–Trinajstić information content (AvgIpc) is 2.48. The van der Waals surface area contributed by atoms with Gasteiger partial charge in [-0.15, -0.1) is 0 Å². The minimum Gasteiger partial charge on any atom is -0.468 e. The average molecular weight is 279 g/mol. The minimum atomic E-state index is -3.70. The molecule has 0 bridgehead atoms. The molecule has 1 aliphatic rings.